The second-order valence-corrected chi connectivity index (χ2v) is 5.96. The number of hydrogen-bond acceptors (Lipinski definition) is 3. The van der Waals surface area contributed by atoms with Crippen molar-refractivity contribution in [2.75, 3.05) is 20.2 Å². The molecule has 0 aliphatic carbocycles. The average Bonchev–Trinajstić information content (AvgIpc) is 2.60. The predicted octanol–water partition coefficient (Wildman–Crippen LogP) is 3.98. The summed E-state index contributed by atoms with van der Waals surface area (Å²) in [6.45, 7) is 5.26. The maximum absolute atomic E-state index is 12.4. The lowest BCUT2D eigenvalue weighted by Crippen LogP contribution is -2.32. The number of amides is 1. The Morgan fingerprint density at radius 3 is 2.42 bits per heavy atom. The summed E-state index contributed by atoms with van der Waals surface area (Å²) in [6.07, 6.45) is 8.01. The van der Waals surface area contributed by atoms with Gasteiger partial charge < -0.3 is 9.64 Å². The van der Waals surface area contributed by atoms with Crippen molar-refractivity contribution in [1.29, 1.82) is 0 Å². The van der Waals surface area contributed by atoms with E-state index in [-0.39, 0.29) is 18.3 Å². The molecule has 1 rings (SSSR count). The van der Waals surface area contributed by atoms with Crippen LogP contribution in [0.3, 0.4) is 0 Å². The Morgan fingerprint density at radius 1 is 1.08 bits per heavy atom. The maximum Gasteiger partial charge on any atom is 0.307 e. The highest BCUT2D eigenvalue weighted by Gasteiger charge is 2.12. The zero-order valence-electron chi connectivity index (χ0n) is 15.1. The van der Waals surface area contributed by atoms with E-state index in [2.05, 4.69) is 11.7 Å². The van der Waals surface area contributed by atoms with Crippen LogP contribution in [0.4, 0.5) is 0 Å². The number of esters is 1. The molecule has 1 aromatic rings. The molecular weight excluding hydrogens is 302 g/mol. The highest BCUT2D eigenvalue weighted by molar-refractivity contribution is 5.92. The number of rotatable bonds is 10. The lowest BCUT2D eigenvalue weighted by atomic mass is 10.1. The van der Waals surface area contributed by atoms with E-state index < -0.39 is 0 Å². The van der Waals surface area contributed by atoms with Crippen LogP contribution >= 0.6 is 0 Å². The molecule has 0 atom stereocenters. The molecule has 4 nitrogen and oxygen atoms in total. The first-order valence-electron chi connectivity index (χ1n) is 8.67. The number of nitrogens with zero attached hydrogens (tertiary/aromatic N) is 1. The first-order chi connectivity index (χ1) is 11.6. The Hall–Kier alpha value is -2.10. The quantitative estimate of drug-likeness (QED) is 0.370. The van der Waals surface area contributed by atoms with Gasteiger partial charge in [-0.15, -0.1) is 0 Å². The Morgan fingerprint density at radius 2 is 1.79 bits per heavy atom. The second kappa shape index (κ2) is 11.4. The Labute approximate surface area is 145 Å². The molecule has 0 aromatic heterocycles. The maximum atomic E-state index is 12.4. The smallest absolute Gasteiger partial charge is 0.307 e. The molecule has 1 amide bonds. The topological polar surface area (TPSA) is 46.6 Å². The molecular formula is C20H29NO3. The summed E-state index contributed by atoms with van der Waals surface area (Å²) in [7, 11) is 1.37. The minimum absolute atomic E-state index is 0.0593. The van der Waals surface area contributed by atoms with E-state index in [4.69, 9.17) is 0 Å². The third-order valence-corrected chi connectivity index (χ3v) is 3.90. The summed E-state index contributed by atoms with van der Waals surface area (Å²) in [4.78, 5) is 25.5. The monoisotopic (exact) mass is 331 g/mol. The molecule has 0 heterocycles. The molecule has 0 N–H and O–H groups in total. The van der Waals surface area contributed by atoms with Crippen LogP contribution in [-0.4, -0.2) is 37.0 Å². The molecule has 0 bridgehead atoms. The van der Waals surface area contributed by atoms with Gasteiger partial charge in [-0.05, 0) is 25.0 Å². The van der Waals surface area contributed by atoms with Crippen LogP contribution < -0.4 is 0 Å². The zero-order chi connectivity index (χ0) is 17.8. The molecule has 0 radical (unpaired) electrons. The van der Waals surface area contributed by atoms with Crippen LogP contribution in [0.25, 0.3) is 6.08 Å². The van der Waals surface area contributed by atoms with E-state index in [9.17, 15) is 9.59 Å². The fourth-order valence-electron chi connectivity index (χ4n) is 2.34. The molecule has 0 saturated heterocycles. The van der Waals surface area contributed by atoms with Crippen molar-refractivity contribution >= 4 is 18.0 Å². The van der Waals surface area contributed by atoms with Crippen LogP contribution in [-0.2, 0) is 14.3 Å². The third kappa shape index (κ3) is 7.95. The number of unbranched alkanes of at least 4 members (excludes halogenated alkanes) is 3. The van der Waals surface area contributed by atoms with Crippen molar-refractivity contribution in [2.24, 2.45) is 0 Å². The molecule has 1 aromatic carbocycles. The predicted molar refractivity (Wildman–Crippen MR) is 97.6 cm³/mol. The molecule has 132 valence electrons. The fourth-order valence-corrected chi connectivity index (χ4v) is 2.34. The van der Waals surface area contributed by atoms with Gasteiger partial charge in [0.05, 0.1) is 13.5 Å². The van der Waals surface area contributed by atoms with Crippen molar-refractivity contribution in [1.82, 2.24) is 4.90 Å². The molecule has 24 heavy (non-hydrogen) atoms. The van der Waals surface area contributed by atoms with Crippen molar-refractivity contribution in [2.45, 2.75) is 46.0 Å². The second-order valence-electron chi connectivity index (χ2n) is 5.96. The molecule has 4 heteroatoms. The van der Waals surface area contributed by atoms with Crippen molar-refractivity contribution in [3.63, 3.8) is 0 Å². The number of carbonyl (C=O) groups is 2. The van der Waals surface area contributed by atoms with Crippen molar-refractivity contribution in [3.05, 3.63) is 41.5 Å². The van der Waals surface area contributed by atoms with Crippen molar-refractivity contribution in [3.8, 4) is 0 Å². The number of aryl methyl sites for hydroxylation is 1. The van der Waals surface area contributed by atoms with Gasteiger partial charge in [0.2, 0.25) is 5.91 Å². The lowest BCUT2D eigenvalue weighted by molar-refractivity contribution is -0.141. The van der Waals surface area contributed by atoms with E-state index in [1.165, 1.54) is 12.7 Å². The van der Waals surface area contributed by atoms with E-state index in [0.717, 1.165) is 31.2 Å². The third-order valence-electron chi connectivity index (χ3n) is 3.90. The van der Waals surface area contributed by atoms with Crippen LogP contribution in [0.2, 0.25) is 0 Å². The van der Waals surface area contributed by atoms with Gasteiger partial charge in [-0.1, -0.05) is 56.0 Å². The van der Waals surface area contributed by atoms with Gasteiger partial charge in [0, 0.05) is 19.2 Å². The van der Waals surface area contributed by atoms with Crippen LogP contribution in [0.1, 0.15) is 50.2 Å². The molecule has 0 saturated carbocycles. The van der Waals surface area contributed by atoms with Gasteiger partial charge in [0.25, 0.3) is 0 Å². The molecule has 0 fully saturated rings. The summed E-state index contributed by atoms with van der Waals surface area (Å²) in [6, 6.07) is 8.01. The summed E-state index contributed by atoms with van der Waals surface area (Å²) >= 11 is 0. The van der Waals surface area contributed by atoms with E-state index in [0.29, 0.717) is 13.1 Å². The standard InChI is InChI=1S/C20H29NO3/c1-4-5-6-7-15-21(16-14-20(23)24-3)19(22)13-12-18-10-8-17(2)9-11-18/h8-13H,4-7,14-16H2,1-3H3/b13-12+. The minimum Gasteiger partial charge on any atom is -0.469 e. The fraction of sp³-hybridized carbons (Fsp3) is 0.500. The highest BCUT2D eigenvalue weighted by atomic mass is 16.5. The van der Waals surface area contributed by atoms with Gasteiger partial charge in [0.1, 0.15) is 0 Å². The van der Waals surface area contributed by atoms with Gasteiger partial charge in [-0.2, -0.15) is 0 Å². The average molecular weight is 331 g/mol. The Bertz CT molecular complexity index is 534. The number of carbonyl (C=O) groups excluding carboxylic acids is 2. The lowest BCUT2D eigenvalue weighted by Gasteiger charge is -2.20. The summed E-state index contributed by atoms with van der Waals surface area (Å²) in [5.74, 6) is -0.347. The molecule has 0 spiro atoms. The van der Waals surface area contributed by atoms with Gasteiger partial charge in [0.15, 0.2) is 0 Å². The number of benzene rings is 1. The number of methoxy groups -OCH3 is 1. The van der Waals surface area contributed by atoms with E-state index >= 15 is 0 Å². The highest BCUT2D eigenvalue weighted by Crippen LogP contribution is 2.07. The first-order valence-corrected chi connectivity index (χ1v) is 8.67. The summed E-state index contributed by atoms with van der Waals surface area (Å²) in [5.41, 5.74) is 2.18. The van der Waals surface area contributed by atoms with Gasteiger partial charge >= 0.3 is 5.97 Å². The van der Waals surface area contributed by atoms with Gasteiger partial charge in [-0.25, -0.2) is 0 Å². The van der Waals surface area contributed by atoms with Crippen LogP contribution in [0, 0.1) is 6.92 Å². The zero-order valence-corrected chi connectivity index (χ0v) is 15.1. The van der Waals surface area contributed by atoms with Gasteiger partial charge in [-0.3, -0.25) is 9.59 Å². The number of ether oxygens (including phenoxy) is 1. The summed E-state index contributed by atoms with van der Waals surface area (Å²) in [5, 5.41) is 0. The Balaban J connectivity index is 2.62. The van der Waals surface area contributed by atoms with Crippen LogP contribution in [0.15, 0.2) is 30.3 Å². The molecule has 0 aliphatic rings. The summed E-state index contributed by atoms with van der Waals surface area (Å²) < 4.78 is 4.67. The Kier molecular flexibility index (Phi) is 9.51. The normalized spacial score (nSPS) is 10.8. The SMILES string of the molecule is CCCCCCN(CCC(=O)OC)C(=O)/C=C/c1ccc(C)cc1. The largest absolute Gasteiger partial charge is 0.469 e. The molecule has 0 aliphatic heterocycles. The van der Waals surface area contributed by atoms with E-state index in [1.807, 2.05) is 37.3 Å². The van der Waals surface area contributed by atoms with Crippen LogP contribution in [0.5, 0.6) is 0 Å². The molecule has 0 unspecified atom stereocenters. The van der Waals surface area contributed by atoms with E-state index in [1.54, 1.807) is 11.0 Å². The number of hydrogen-bond donors (Lipinski definition) is 0. The van der Waals surface area contributed by atoms with Crippen molar-refractivity contribution < 1.29 is 14.3 Å². The first kappa shape index (κ1) is 19.9. The minimum atomic E-state index is -0.288.